The summed E-state index contributed by atoms with van der Waals surface area (Å²) in [5.74, 6) is 0. The lowest BCUT2D eigenvalue weighted by atomic mass is 10.0. The summed E-state index contributed by atoms with van der Waals surface area (Å²) in [6, 6.07) is 7.46. The van der Waals surface area contributed by atoms with Crippen molar-refractivity contribution in [3.05, 3.63) is 46.7 Å². The Morgan fingerprint density at radius 3 is 2.87 bits per heavy atom. The van der Waals surface area contributed by atoms with Gasteiger partial charge >= 0.3 is 0 Å². The smallest absolute Gasteiger partial charge is 0.152 e. The Morgan fingerprint density at radius 1 is 1.40 bits per heavy atom. The molecule has 0 bridgehead atoms. The molecule has 1 aromatic heterocycles. The Balaban J connectivity index is 2.58. The summed E-state index contributed by atoms with van der Waals surface area (Å²) in [5, 5.41) is 0.670. The summed E-state index contributed by atoms with van der Waals surface area (Å²) < 4.78 is 0. The molecule has 2 nitrogen and oxygen atoms in total. The van der Waals surface area contributed by atoms with Crippen molar-refractivity contribution in [1.29, 1.82) is 0 Å². The summed E-state index contributed by atoms with van der Waals surface area (Å²) in [5.41, 5.74) is 3.41. The van der Waals surface area contributed by atoms with Crippen LogP contribution in [0, 0.1) is 6.92 Å². The molecule has 0 fully saturated rings. The summed E-state index contributed by atoms with van der Waals surface area (Å²) >= 11 is 5.90. The van der Waals surface area contributed by atoms with Gasteiger partial charge in [-0.1, -0.05) is 23.7 Å². The number of H-pyrrole nitrogens is 1. The standard InChI is InChI=1S/C12H10ClNO/c1-8-12(7-15)11(6-14-8)9-3-2-4-10(13)5-9/h2-7,14H,1H3. The zero-order valence-electron chi connectivity index (χ0n) is 8.25. The number of aromatic amines is 1. The van der Waals surface area contributed by atoms with Crippen LogP contribution in [0.1, 0.15) is 16.1 Å². The van der Waals surface area contributed by atoms with E-state index >= 15 is 0 Å². The molecule has 2 aromatic rings. The summed E-state index contributed by atoms with van der Waals surface area (Å²) in [4.78, 5) is 13.9. The number of rotatable bonds is 2. The molecule has 1 heterocycles. The molecular weight excluding hydrogens is 210 g/mol. The molecule has 0 saturated heterocycles. The Bertz CT molecular complexity index is 502. The molecule has 0 saturated carbocycles. The first-order valence-corrected chi connectivity index (χ1v) is 4.99. The molecule has 0 unspecified atom stereocenters. The largest absolute Gasteiger partial charge is 0.364 e. The molecule has 0 atom stereocenters. The van der Waals surface area contributed by atoms with Gasteiger partial charge in [0.05, 0.1) is 0 Å². The number of carbonyl (C=O) groups is 1. The van der Waals surface area contributed by atoms with Crippen LogP contribution in [0.2, 0.25) is 5.02 Å². The van der Waals surface area contributed by atoms with E-state index in [0.29, 0.717) is 10.6 Å². The molecule has 76 valence electrons. The number of nitrogens with one attached hydrogen (secondary N) is 1. The third-order valence-electron chi connectivity index (χ3n) is 2.38. The number of aryl methyl sites for hydroxylation is 1. The molecule has 0 aliphatic heterocycles. The van der Waals surface area contributed by atoms with Gasteiger partial charge in [-0.25, -0.2) is 0 Å². The summed E-state index contributed by atoms with van der Waals surface area (Å²) in [7, 11) is 0. The van der Waals surface area contributed by atoms with Gasteiger partial charge in [0.25, 0.3) is 0 Å². The number of benzene rings is 1. The number of carbonyl (C=O) groups excluding carboxylic acids is 1. The van der Waals surface area contributed by atoms with Crippen LogP contribution in [0.4, 0.5) is 0 Å². The molecule has 0 spiro atoms. The first kappa shape index (κ1) is 9.99. The molecule has 0 radical (unpaired) electrons. The lowest BCUT2D eigenvalue weighted by Gasteiger charge is -2.00. The Kier molecular flexibility index (Phi) is 2.60. The molecule has 15 heavy (non-hydrogen) atoms. The minimum absolute atomic E-state index is 0.670. The van der Waals surface area contributed by atoms with Crippen molar-refractivity contribution in [3.63, 3.8) is 0 Å². The lowest BCUT2D eigenvalue weighted by molar-refractivity contribution is 0.112. The van der Waals surface area contributed by atoms with Crippen LogP contribution in [0.5, 0.6) is 0 Å². The molecular formula is C12H10ClNO. The Labute approximate surface area is 92.9 Å². The fourth-order valence-corrected chi connectivity index (χ4v) is 1.77. The number of halogens is 1. The highest BCUT2D eigenvalue weighted by atomic mass is 35.5. The maximum Gasteiger partial charge on any atom is 0.152 e. The van der Waals surface area contributed by atoms with Gasteiger partial charge in [-0.15, -0.1) is 0 Å². The predicted molar refractivity (Wildman–Crippen MR) is 61.4 cm³/mol. The van der Waals surface area contributed by atoms with Gasteiger partial charge in [0.15, 0.2) is 6.29 Å². The molecule has 3 heteroatoms. The number of hydrogen-bond donors (Lipinski definition) is 1. The van der Waals surface area contributed by atoms with Crippen molar-refractivity contribution in [2.24, 2.45) is 0 Å². The van der Waals surface area contributed by atoms with Gasteiger partial charge in [-0.2, -0.15) is 0 Å². The summed E-state index contributed by atoms with van der Waals surface area (Å²) in [6.07, 6.45) is 2.69. The zero-order valence-corrected chi connectivity index (χ0v) is 9.01. The Morgan fingerprint density at radius 2 is 2.20 bits per heavy atom. The molecule has 1 N–H and O–H groups in total. The van der Waals surface area contributed by atoms with Crippen molar-refractivity contribution in [2.75, 3.05) is 0 Å². The van der Waals surface area contributed by atoms with Gasteiger partial charge in [-0.05, 0) is 24.6 Å². The van der Waals surface area contributed by atoms with Gasteiger partial charge in [0.1, 0.15) is 0 Å². The maximum absolute atomic E-state index is 10.9. The van der Waals surface area contributed by atoms with E-state index < -0.39 is 0 Å². The van der Waals surface area contributed by atoms with Crippen LogP contribution in [0.15, 0.2) is 30.5 Å². The highest BCUT2D eigenvalue weighted by molar-refractivity contribution is 6.30. The van der Waals surface area contributed by atoms with Gasteiger partial charge in [0.2, 0.25) is 0 Å². The third-order valence-corrected chi connectivity index (χ3v) is 2.62. The second kappa shape index (κ2) is 3.91. The van der Waals surface area contributed by atoms with E-state index in [1.807, 2.05) is 37.4 Å². The third kappa shape index (κ3) is 1.81. The zero-order chi connectivity index (χ0) is 10.8. The van der Waals surface area contributed by atoms with E-state index in [9.17, 15) is 4.79 Å². The highest BCUT2D eigenvalue weighted by Crippen LogP contribution is 2.26. The monoisotopic (exact) mass is 219 g/mol. The minimum atomic E-state index is 0.670. The minimum Gasteiger partial charge on any atom is -0.364 e. The molecule has 0 aliphatic carbocycles. The average molecular weight is 220 g/mol. The van der Waals surface area contributed by atoms with Crippen LogP contribution in [-0.2, 0) is 0 Å². The molecule has 2 rings (SSSR count). The highest BCUT2D eigenvalue weighted by Gasteiger charge is 2.08. The van der Waals surface area contributed by atoms with E-state index in [-0.39, 0.29) is 0 Å². The second-order valence-corrected chi connectivity index (χ2v) is 3.81. The van der Waals surface area contributed by atoms with Crippen molar-refractivity contribution in [3.8, 4) is 11.1 Å². The Hall–Kier alpha value is -1.54. The van der Waals surface area contributed by atoms with E-state index in [4.69, 9.17) is 11.6 Å². The van der Waals surface area contributed by atoms with Crippen molar-refractivity contribution in [1.82, 2.24) is 4.98 Å². The van der Waals surface area contributed by atoms with Crippen LogP contribution in [-0.4, -0.2) is 11.3 Å². The molecule has 0 amide bonds. The number of aromatic nitrogens is 1. The quantitative estimate of drug-likeness (QED) is 0.771. The maximum atomic E-state index is 10.9. The fourth-order valence-electron chi connectivity index (χ4n) is 1.58. The van der Waals surface area contributed by atoms with E-state index in [1.165, 1.54) is 0 Å². The van der Waals surface area contributed by atoms with Crippen molar-refractivity contribution >= 4 is 17.9 Å². The fraction of sp³-hybridized carbons (Fsp3) is 0.0833. The van der Waals surface area contributed by atoms with Crippen LogP contribution >= 0.6 is 11.6 Å². The number of hydrogen-bond acceptors (Lipinski definition) is 1. The topological polar surface area (TPSA) is 32.9 Å². The first-order valence-electron chi connectivity index (χ1n) is 4.61. The average Bonchev–Trinajstić information content (AvgIpc) is 2.59. The van der Waals surface area contributed by atoms with Gasteiger partial charge in [0, 0.05) is 28.0 Å². The van der Waals surface area contributed by atoms with Crippen LogP contribution < -0.4 is 0 Å². The van der Waals surface area contributed by atoms with Crippen LogP contribution in [0.25, 0.3) is 11.1 Å². The molecule has 0 aliphatic rings. The van der Waals surface area contributed by atoms with E-state index in [0.717, 1.165) is 23.1 Å². The summed E-state index contributed by atoms with van der Waals surface area (Å²) in [6.45, 7) is 1.87. The SMILES string of the molecule is Cc1[nH]cc(-c2cccc(Cl)c2)c1C=O. The predicted octanol–water partition coefficient (Wildman–Crippen LogP) is 3.46. The second-order valence-electron chi connectivity index (χ2n) is 3.37. The van der Waals surface area contributed by atoms with Crippen LogP contribution in [0.3, 0.4) is 0 Å². The normalized spacial score (nSPS) is 10.3. The number of aldehydes is 1. The first-order chi connectivity index (χ1) is 7.22. The molecule has 1 aromatic carbocycles. The lowest BCUT2D eigenvalue weighted by Crippen LogP contribution is -1.84. The van der Waals surface area contributed by atoms with E-state index in [1.54, 1.807) is 0 Å². The van der Waals surface area contributed by atoms with Crippen molar-refractivity contribution in [2.45, 2.75) is 6.92 Å². The van der Waals surface area contributed by atoms with Crippen molar-refractivity contribution < 1.29 is 4.79 Å². The van der Waals surface area contributed by atoms with Gasteiger partial charge in [-0.3, -0.25) is 4.79 Å². The van der Waals surface area contributed by atoms with E-state index in [2.05, 4.69) is 4.98 Å². The van der Waals surface area contributed by atoms with Gasteiger partial charge < -0.3 is 4.98 Å².